The van der Waals surface area contributed by atoms with Gasteiger partial charge >= 0.3 is 0 Å². The summed E-state index contributed by atoms with van der Waals surface area (Å²) >= 11 is 0. The fourth-order valence-electron chi connectivity index (χ4n) is 7.45. The number of hydrogen-bond donors (Lipinski definition) is 0. The second kappa shape index (κ2) is 8.74. The van der Waals surface area contributed by atoms with Gasteiger partial charge in [-0.3, -0.25) is 9.69 Å². The van der Waals surface area contributed by atoms with Crippen molar-refractivity contribution in [2.24, 2.45) is 17.8 Å². The van der Waals surface area contributed by atoms with Gasteiger partial charge in [-0.2, -0.15) is 0 Å². The van der Waals surface area contributed by atoms with Gasteiger partial charge in [0.05, 0.1) is 19.8 Å². The van der Waals surface area contributed by atoms with Crippen molar-refractivity contribution < 1.29 is 14.3 Å². The standard InChI is InChI=1S/C26H38N2O3/c1-30-23-6-8-27(9-7-23)18-25(29)28(17-19-4-3-5-24(13-19)31-2)26-14-20-10-21(15-26)12-22(11-20)16-26/h3-5,13,20-23H,6-12,14-18H2,1-2H3. The van der Waals surface area contributed by atoms with Crippen LogP contribution in [0.3, 0.4) is 0 Å². The smallest absolute Gasteiger partial charge is 0.237 e. The van der Waals surface area contributed by atoms with Crippen LogP contribution in [-0.4, -0.2) is 61.2 Å². The second-order valence-corrected chi connectivity index (χ2v) is 10.7. The van der Waals surface area contributed by atoms with E-state index < -0.39 is 0 Å². The summed E-state index contributed by atoms with van der Waals surface area (Å²) in [5.74, 6) is 3.66. The Bertz CT molecular complexity index is 751. The molecule has 1 aromatic rings. The Morgan fingerprint density at radius 3 is 2.29 bits per heavy atom. The molecule has 5 heteroatoms. The zero-order valence-corrected chi connectivity index (χ0v) is 19.2. The molecule has 5 aliphatic rings. The third-order valence-corrected chi connectivity index (χ3v) is 8.58. The van der Waals surface area contributed by atoms with E-state index in [-0.39, 0.29) is 5.54 Å². The van der Waals surface area contributed by atoms with Gasteiger partial charge in [-0.15, -0.1) is 0 Å². The van der Waals surface area contributed by atoms with Crippen LogP contribution >= 0.6 is 0 Å². The lowest BCUT2D eigenvalue weighted by molar-refractivity contribution is -0.154. The van der Waals surface area contributed by atoms with Gasteiger partial charge in [0.2, 0.25) is 5.91 Å². The van der Waals surface area contributed by atoms with E-state index in [0.29, 0.717) is 25.1 Å². The Kier molecular flexibility index (Phi) is 6.00. The van der Waals surface area contributed by atoms with Crippen molar-refractivity contribution in [1.82, 2.24) is 9.80 Å². The maximum absolute atomic E-state index is 13.9. The van der Waals surface area contributed by atoms with E-state index in [1.165, 1.54) is 44.1 Å². The normalized spacial score (nSPS) is 32.9. The van der Waals surface area contributed by atoms with Crippen LogP contribution in [0, 0.1) is 17.8 Å². The minimum absolute atomic E-state index is 0.0692. The van der Waals surface area contributed by atoms with E-state index in [4.69, 9.17) is 9.47 Å². The lowest BCUT2D eigenvalue weighted by atomic mass is 9.52. The van der Waals surface area contributed by atoms with E-state index in [2.05, 4.69) is 21.9 Å². The number of benzene rings is 1. The quantitative estimate of drug-likeness (QED) is 0.658. The first kappa shape index (κ1) is 21.3. The van der Waals surface area contributed by atoms with E-state index in [1.807, 2.05) is 12.1 Å². The summed E-state index contributed by atoms with van der Waals surface area (Å²) in [6.45, 7) is 3.16. The Hall–Kier alpha value is -1.59. The van der Waals surface area contributed by atoms with Gasteiger partial charge < -0.3 is 14.4 Å². The first-order chi connectivity index (χ1) is 15.1. The van der Waals surface area contributed by atoms with Crippen LogP contribution in [-0.2, 0) is 16.1 Å². The predicted molar refractivity (Wildman–Crippen MR) is 121 cm³/mol. The van der Waals surface area contributed by atoms with Gasteiger partial charge in [0.25, 0.3) is 0 Å². The average Bonchev–Trinajstić information content (AvgIpc) is 2.77. The molecule has 1 amide bonds. The summed E-state index contributed by atoms with van der Waals surface area (Å²) in [5.41, 5.74) is 1.25. The summed E-state index contributed by atoms with van der Waals surface area (Å²) in [7, 11) is 3.51. The molecule has 0 radical (unpaired) electrons. The van der Waals surface area contributed by atoms with E-state index in [1.54, 1.807) is 14.2 Å². The van der Waals surface area contributed by atoms with E-state index in [0.717, 1.165) is 49.4 Å². The maximum Gasteiger partial charge on any atom is 0.237 e. The van der Waals surface area contributed by atoms with Gasteiger partial charge in [0.15, 0.2) is 0 Å². The largest absolute Gasteiger partial charge is 0.497 e. The van der Waals surface area contributed by atoms with Crippen LogP contribution in [0.15, 0.2) is 24.3 Å². The summed E-state index contributed by atoms with van der Waals surface area (Å²) in [6, 6.07) is 8.28. The number of likely N-dealkylation sites (tertiary alicyclic amines) is 1. The molecule has 1 aliphatic heterocycles. The lowest BCUT2D eigenvalue weighted by Crippen LogP contribution is -2.62. The van der Waals surface area contributed by atoms with Crippen LogP contribution < -0.4 is 4.74 Å². The molecule has 0 atom stereocenters. The van der Waals surface area contributed by atoms with E-state index in [9.17, 15) is 4.79 Å². The Morgan fingerprint density at radius 1 is 1.06 bits per heavy atom. The van der Waals surface area contributed by atoms with Crippen molar-refractivity contribution >= 4 is 5.91 Å². The topological polar surface area (TPSA) is 42.0 Å². The number of carbonyl (C=O) groups excluding carboxylic acids is 1. The molecule has 0 spiro atoms. The Morgan fingerprint density at radius 2 is 1.71 bits per heavy atom. The van der Waals surface area contributed by atoms with Crippen molar-refractivity contribution in [3.05, 3.63) is 29.8 Å². The minimum Gasteiger partial charge on any atom is -0.497 e. The SMILES string of the molecule is COc1cccc(CN(C(=O)CN2CCC(OC)CC2)C23CC4CC(CC(C4)C2)C3)c1. The number of amides is 1. The minimum atomic E-state index is 0.0692. The highest BCUT2D eigenvalue weighted by Crippen LogP contribution is 2.58. The number of nitrogens with zero attached hydrogens (tertiary/aromatic N) is 2. The summed E-state index contributed by atoms with van der Waals surface area (Å²) in [6.07, 6.45) is 10.2. The molecular formula is C26H38N2O3. The Labute approximate surface area is 187 Å². The van der Waals surface area contributed by atoms with Gasteiger partial charge in [-0.05, 0) is 86.8 Å². The average molecular weight is 427 g/mol. The Balaban J connectivity index is 1.37. The summed E-state index contributed by atoms with van der Waals surface area (Å²) in [4.78, 5) is 18.5. The number of piperidine rings is 1. The number of rotatable bonds is 7. The molecule has 1 saturated heterocycles. The van der Waals surface area contributed by atoms with Crippen LogP contribution in [0.5, 0.6) is 5.75 Å². The summed E-state index contributed by atoms with van der Waals surface area (Å²) in [5, 5.41) is 0. The van der Waals surface area contributed by atoms with Crippen molar-refractivity contribution in [1.29, 1.82) is 0 Å². The molecule has 1 aromatic carbocycles. The van der Waals surface area contributed by atoms with Gasteiger partial charge in [-0.25, -0.2) is 0 Å². The third-order valence-electron chi connectivity index (χ3n) is 8.58. The number of carbonyl (C=O) groups is 1. The molecule has 5 fully saturated rings. The molecular weight excluding hydrogens is 388 g/mol. The first-order valence-corrected chi connectivity index (χ1v) is 12.3. The van der Waals surface area contributed by atoms with Crippen molar-refractivity contribution in [2.75, 3.05) is 33.9 Å². The molecule has 0 N–H and O–H groups in total. The highest BCUT2D eigenvalue weighted by molar-refractivity contribution is 5.79. The van der Waals surface area contributed by atoms with Gasteiger partial charge in [0.1, 0.15) is 5.75 Å². The third kappa shape index (κ3) is 4.36. The molecule has 31 heavy (non-hydrogen) atoms. The van der Waals surface area contributed by atoms with Crippen molar-refractivity contribution in [3.63, 3.8) is 0 Å². The predicted octanol–water partition coefficient (Wildman–Crippen LogP) is 4.10. The molecule has 1 heterocycles. The summed E-state index contributed by atoms with van der Waals surface area (Å²) < 4.78 is 11.0. The fourth-order valence-corrected chi connectivity index (χ4v) is 7.45. The zero-order valence-electron chi connectivity index (χ0n) is 19.2. The lowest BCUT2D eigenvalue weighted by Gasteiger charge is -2.60. The number of ether oxygens (including phenoxy) is 2. The monoisotopic (exact) mass is 426 g/mol. The first-order valence-electron chi connectivity index (χ1n) is 12.3. The van der Waals surface area contributed by atoms with E-state index >= 15 is 0 Å². The molecule has 170 valence electrons. The second-order valence-electron chi connectivity index (χ2n) is 10.7. The van der Waals surface area contributed by atoms with Crippen LogP contribution in [0.4, 0.5) is 0 Å². The molecule has 0 aromatic heterocycles. The number of methoxy groups -OCH3 is 2. The molecule has 4 saturated carbocycles. The maximum atomic E-state index is 13.9. The molecule has 4 bridgehead atoms. The fraction of sp³-hybridized carbons (Fsp3) is 0.731. The zero-order chi connectivity index (χ0) is 21.4. The molecule has 4 aliphatic carbocycles. The van der Waals surface area contributed by atoms with Crippen LogP contribution in [0.25, 0.3) is 0 Å². The van der Waals surface area contributed by atoms with Gasteiger partial charge in [-0.1, -0.05) is 12.1 Å². The van der Waals surface area contributed by atoms with Crippen LogP contribution in [0.1, 0.15) is 56.9 Å². The highest BCUT2D eigenvalue weighted by atomic mass is 16.5. The van der Waals surface area contributed by atoms with Crippen molar-refractivity contribution in [3.8, 4) is 5.75 Å². The molecule has 6 rings (SSSR count). The number of hydrogen-bond acceptors (Lipinski definition) is 4. The molecule has 5 nitrogen and oxygen atoms in total. The van der Waals surface area contributed by atoms with Gasteiger partial charge in [0, 0.05) is 32.3 Å². The van der Waals surface area contributed by atoms with Crippen LogP contribution in [0.2, 0.25) is 0 Å². The highest BCUT2D eigenvalue weighted by Gasteiger charge is 2.54. The van der Waals surface area contributed by atoms with Crippen molar-refractivity contribution in [2.45, 2.75) is 69.6 Å². The molecule has 0 unspecified atom stereocenters.